The summed E-state index contributed by atoms with van der Waals surface area (Å²) in [6.07, 6.45) is -0.694. The molecular weight excluding hydrogens is 434 g/mol. The quantitative estimate of drug-likeness (QED) is 0.691. The van der Waals surface area contributed by atoms with Crippen LogP contribution in [0.1, 0.15) is 30.4 Å². The van der Waals surface area contributed by atoms with Gasteiger partial charge in [-0.3, -0.25) is 9.59 Å². The summed E-state index contributed by atoms with van der Waals surface area (Å²) in [5, 5.41) is 11.4. The molecule has 9 heteroatoms. The lowest BCUT2D eigenvalue weighted by Gasteiger charge is -2.23. The molecule has 0 bridgehead atoms. The highest BCUT2D eigenvalue weighted by molar-refractivity contribution is 5.87. The lowest BCUT2D eigenvalue weighted by molar-refractivity contribution is -0.151. The molecular formula is C24H24F2N2O5. The van der Waals surface area contributed by atoms with Crippen LogP contribution in [0.2, 0.25) is 0 Å². The second-order valence-electron chi connectivity index (χ2n) is 8.30. The molecule has 1 heterocycles. The molecule has 2 aromatic carbocycles. The van der Waals surface area contributed by atoms with E-state index in [4.69, 9.17) is 9.84 Å². The van der Waals surface area contributed by atoms with Crippen LogP contribution in [0.25, 0.3) is 11.1 Å². The molecule has 174 valence electrons. The van der Waals surface area contributed by atoms with E-state index in [1.54, 1.807) is 6.92 Å². The van der Waals surface area contributed by atoms with Gasteiger partial charge in [-0.1, -0.05) is 55.5 Å². The Morgan fingerprint density at radius 3 is 2.21 bits per heavy atom. The number of alkyl halides is 2. The van der Waals surface area contributed by atoms with Crippen molar-refractivity contribution in [3.8, 4) is 11.1 Å². The second kappa shape index (κ2) is 8.80. The summed E-state index contributed by atoms with van der Waals surface area (Å²) in [6.45, 7) is 0.0677. The van der Waals surface area contributed by atoms with Crippen molar-refractivity contribution in [2.45, 2.75) is 31.2 Å². The van der Waals surface area contributed by atoms with Crippen LogP contribution in [0.5, 0.6) is 0 Å². The largest absolute Gasteiger partial charge is 0.481 e. The lowest BCUT2D eigenvalue weighted by Crippen LogP contribution is -2.48. The third-order valence-corrected chi connectivity index (χ3v) is 6.27. The number of halogens is 2. The van der Waals surface area contributed by atoms with Crippen molar-refractivity contribution < 1.29 is 33.0 Å². The first-order valence-corrected chi connectivity index (χ1v) is 10.7. The van der Waals surface area contributed by atoms with Crippen molar-refractivity contribution in [1.29, 1.82) is 0 Å². The van der Waals surface area contributed by atoms with Gasteiger partial charge < -0.3 is 20.1 Å². The first-order chi connectivity index (χ1) is 15.7. The van der Waals surface area contributed by atoms with Gasteiger partial charge in [-0.2, -0.15) is 0 Å². The monoisotopic (exact) mass is 458 g/mol. The maximum atomic E-state index is 13.9. The van der Waals surface area contributed by atoms with Crippen molar-refractivity contribution in [1.82, 2.24) is 10.2 Å². The smallest absolute Gasteiger partial charge is 0.407 e. The number of carbonyl (C=O) groups is 3. The van der Waals surface area contributed by atoms with Gasteiger partial charge in [-0.05, 0) is 28.7 Å². The fraction of sp³-hybridized carbons (Fsp3) is 0.375. The van der Waals surface area contributed by atoms with Crippen molar-refractivity contribution in [3.05, 3.63) is 59.7 Å². The molecule has 2 aromatic rings. The fourth-order valence-corrected chi connectivity index (χ4v) is 4.55. The number of carboxylic acid groups (broad SMARTS) is 1. The molecule has 1 fully saturated rings. The molecule has 2 atom stereocenters. The standard InChI is InChI=1S/C24H24F2N2O5/c1-2-20(21(29)28-11-19(22(30)31)24(25,26)13-28)27-23(32)33-12-18-16-9-5-3-7-14(16)15-8-4-6-10-17(15)18/h3-10,18-20H,2,11-13H2,1H3,(H,27,32)(H,30,31)/t19?,20-/m0/s1. The predicted molar refractivity (Wildman–Crippen MR) is 115 cm³/mol. The molecule has 7 nitrogen and oxygen atoms in total. The number of nitrogens with zero attached hydrogens (tertiary/aromatic N) is 1. The van der Waals surface area contributed by atoms with Crippen LogP contribution in [0.15, 0.2) is 48.5 Å². The van der Waals surface area contributed by atoms with Gasteiger partial charge in [-0.15, -0.1) is 0 Å². The van der Waals surface area contributed by atoms with Crippen LogP contribution in [-0.2, 0) is 14.3 Å². The van der Waals surface area contributed by atoms with E-state index < -0.39 is 48.9 Å². The first kappa shape index (κ1) is 22.7. The maximum Gasteiger partial charge on any atom is 0.407 e. The first-order valence-electron chi connectivity index (χ1n) is 10.7. The van der Waals surface area contributed by atoms with E-state index in [2.05, 4.69) is 5.32 Å². The zero-order chi connectivity index (χ0) is 23.8. The Labute approximate surface area is 189 Å². The van der Waals surface area contributed by atoms with Crippen LogP contribution in [0.3, 0.4) is 0 Å². The number of ether oxygens (including phenoxy) is 1. The number of amides is 2. The Morgan fingerprint density at radius 1 is 1.12 bits per heavy atom. The number of nitrogens with one attached hydrogen (secondary N) is 1. The zero-order valence-corrected chi connectivity index (χ0v) is 18.0. The minimum absolute atomic E-state index is 0.0490. The summed E-state index contributed by atoms with van der Waals surface area (Å²) in [5.41, 5.74) is 4.22. The molecule has 2 N–H and O–H groups in total. The van der Waals surface area contributed by atoms with E-state index in [9.17, 15) is 23.2 Å². The average Bonchev–Trinajstić information content (AvgIpc) is 3.29. The van der Waals surface area contributed by atoms with Crippen LogP contribution < -0.4 is 5.32 Å². The van der Waals surface area contributed by atoms with Gasteiger partial charge >= 0.3 is 12.1 Å². The van der Waals surface area contributed by atoms with Crippen molar-refractivity contribution in [2.24, 2.45) is 5.92 Å². The molecule has 4 rings (SSSR count). The molecule has 2 amide bonds. The number of benzene rings is 2. The number of carboxylic acids is 1. The summed E-state index contributed by atoms with van der Waals surface area (Å²) in [4.78, 5) is 37.0. The highest BCUT2D eigenvalue weighted by Gasteiger charge is 2.54. The number of carbonyl (C=O) groups excluding carboxylic acids is 2. The normalized spacial score (nSPS) is 19.5. The third-order valence-electron chi connectivity index (χ3n) is 6.27. The van der Waals surface area contributed by atoms with Gasteiger partial charge in [0.1, 0.15) is 18.6 Å². The SMILES string of the molecule is CC[C@H](NC(=O)OCC1c2ccccc2-c2ccccc21)C(=O)N1CC(C(=O)O)C(F)(F)C1. The van der Waals surface area contributed by atoms with Crippen molar-refractivity contribution >= 4 is 18.0 Å². The Bertz CT molecular complexity index is 1040. The number of alkyl carbamates (subject to hydrolysis) is 1. The van der Waals surface area contributed by atoms with Gasteiger partial charge in [-0.25, -0.2) is 13.6 Å². The zero-order valence-electron chi connectivity index (χ0n) is 18.0. The van der Waals surface area contributed by atoms with Crippen LogP contribution in [-0.4, -0.2) is 59.6 Å². The van der Waals surface area contributed by atoms with E-state index in [1.807, 2.05) is 48.5 Å². The van der Waals surface area contributed by atoms with E-state index >= 15 is 0 Å². The molecule has 1 aliphatic carbocycles. The number of hydrogen-bond acceptors (Lipinski definition) is 4. The summed E-state index contributed by atoms with van der Waals surface area (Å²) >= 11 is 0. The summed E-state index contributed by atoms with van der Waals surface area (Å²) in [5.74, 6) is -8.06. The molecule has 1 unspecified atom stereocenters. The van der Waals surface area contributed by atoms with Crippen molar-refractivity contribution in [3.63, 3.8) is 0 Å². The van der Waals surface area contributed by atoms with Crippen LogP contribution in [0.4, 0.5) is 13.6 Å². The van der Waals surface area contributed by atoms with Gasteiger partial charge in [0, 0.05) is 12.5 Å². The Hall–Kier alpha value is -3.49. The number of aliphatic carboxylic acids is 1. The Balaban J connectivity index is 1.40. The molecule has 1 aliphatic heterocycles. The fourth-order valence-electron chi connectivity index (χ4n) is 4.55. The van der Waals surface area contributed by atoms with E-state index in [0.717, 1.165) is 27.2 Å². The van der Waals surface area contributed by atoms with Gasteiger partial charge in [0.15, 0.2) is 0 Å². The van der Waals surface area contributed by atoms with E-state index in [0.29, 0.717) is 0 Å². The molecule has 1 saturated heterocycles. The number of rotatable bonds is 6. The molecule has 0 saturated carbocycles. The molecule has 0 aromatic heterocycles. The lowest BCUT2D eigenvalue weighted by atomic mass is 9.98. The topological polar surface area (TPSA) is 95.9 Å². The van der Waals surface area contributed by atoms with Gasteiger partial charge in [0.25, 0.3) is 5.92 Å². The number of likely N-dealkylation sites (tertiary alicyclic amines) is 1. The Kier molecular flexibility index (Phi) is 6.05. The van der Waals surface area contributed by atoms with E-state index in [-0.39, 0.29) is 18.9 Å². The van der Waals surface area contributed by atoms with Crippen LogP contribution in [0, 0.1) is 5.92 Å². The highest BCUT2D eigenvalue weighted by atomic mass is 19.3. The summed E-state index contributed by atoms with van der Waals surface area (Å²) in [7, 11) is 0. The van der Waals surface area contributed by atoms with Gasteiger partial charge in [0.2, 0.25) is 5.91 Å². The minimum atomic E-state index is -3.52. The minimum Gasteiger partial charge on any atom is -0.481 e. The maximum absolute atomic E-state index is 13.9. The van der Waals surface area contributed by atoms with E-state index in [1.165, 1.54) is 0 Å². The molecule has 0 radical (unpaired) electrons. The third kappa shape index (κ3) is 4.27. The second-order valence-corrected chi connectivity index (χ2v) is 8.30. The van der Waals surface area contributed by atoms with Gasteiger partial charge in [0.05, 0.1) is 6.54 Å². The summed E-state index contributed by atoms with van der Waals surface area (Å²) in [6, 6.07) is 14.6. The van der Waals surface area contributed by atoms with Crippen molar-refractivity contribution in [2.75, 3.05) is 19.7 Å². The highest BCUT2D eigenvalue weighted by Crippen LogP contribution is 2.44. The molecule has 33 heavy (non-hydrogen) atoms. The molecule has 0 spiro atoms. The average molecular weight is 458 g/mol. The predicted octanol–water partition coefficient (Wildman–Crippen LogP) is 3.48. The molecule has 2 aliphatic rings. The number of fused-ring (bicyclic) bond motifs is 3. The van der Waals surface area contributed by atoms with Crippen LogP contribution >= 0.6 is 0 Å². The number of hydrogen-bond donors (Lipinski definition) is 2. The summed E-state index contributed by atoms with van der Waals surface area (Å²) < 4.78 is 33.3. The Morgan fingerprint density at radius 2 is 1.70 bits per heavy atom.